The Bertz CT molecular complexity index is 468. The van der Waals surface area contributed by atoms with Crippen molar-refractivity contribution in [3.8, 4) is 5.69 Å². The van der Waals surface area contributed by atoms with Gasteiger partial charge in [-0.3, -0.25) is 0 Å². The molecule has 0 aliphatic carbocycles. The van der Waals surface area contributed by atoms with E-state index in [0.29, 0.717) is 0 Å². The van der Waals surface area contributed by atoms with Crippen molar-refractivity contribution in [1.29, 1.82) is 0 Å². The van der Waals surface area contributed by atoms with Crippen LogP contribution in [0.15, 0.2) is 42.7 Å². The van der Waals surface area contributed by atoms with E-state index in [2.05, 4.69) is 40.9 Å². The molecule has 0 amide bonds. The van der Waals surface area contributed by atoms with Crippen LogP contribution in [0.25, 0.3) is 5.69 Å². The van der Waals surface area contributed by atoms with Crippen LogP contribution in [0.5, 0.6) is 0 Å². The molecule has 2 aromatic rings. The Balaban J connectivity index is 1.87. The fraction of sp³-hybridized carbons (Fsp3) is 0.400. The van der Waals surface area contributed by atoms with E-state index in [-0.39, 0.29) is 0 Å². The number of rotatable bonds is 8. The third-order valence-electron chi connectivity index (χ3n) is 3.01. The van der Waals surface area contributed by atoms with Gasteiger partial charge in [0, 0.05) is 18.9 Å². The highest BCUT2D eigenvalue weighted by Crippen LogP contribution is 2.13. The van der Waals surface area contributed by atoms with Crippen molar-refractivity contribution < 1.29 is 0 Å². The molecule has 0 fully saturated rings. The first kappa shape index (κ1) is 14.2. The van der Waals surface area contributed by atoms with E-state index in [1.165, 1.54) is 24.2 Å². The summed E-state index contributed by atoms with van der Waals surface area (Å²) in [6.45, 7) is 1.98. The molecular weight excluding hydrogens is 254 g/mol. The summed E-state index contributed by atoms with van der Waals surface area (Å²) in [6.07, 6.45) is 8.48. The lowest BCUT2D eigenvalue weighted by Crippen LogP contribution is -2.16. The molecule has 0 saturated heterocycles. The predicted molar refractivity (Wildman–Crippen MR) is 82.9 cm³/mol. The smallest absolute Gasteiger partial charge is 0.0690 e. The van der Waals surface area contributed by atoms with Crippen molar-refractivity contribution in [2.75, 3.05) is 18.6 Å². The van der Waals surface area contributed by atoms with Crippen molar-refractivity contribution in [1.82, 2.24) is 15.1 Å². The van der Waals surface area contributed by atoms with Crippen molar-refractivity contribution in [3.05, 3.63) is 48.3 Å². The van der Waals surface area contributed by atoms with Gasteiger partial charge in [-0.05, 0) is 49.1 Å². The fourth-order valence-electron chi connectivity index (χ4n) is 2.01. The Morgan fingerprint density at radius 2 is 2.11 bits per heavy atom. The molecule has 0 aliphatic heterocycles. The van der Waals surface area contributed by atoms with Gasteiger partial charge in [-0.15, -0.1) is 0 Å². The number of hydrogen-bond acceptors (Lipinski definition) is 3. The van der Waals surface area contributed by atoms with Gasteiger partial charge in [0.1, 0.15) is 0 Å². The maximum absolute atomic E-state index is 4.30. The maximum atomic E-state index is 4.30. The average Bonchev–Trinajstić information content (AvgIpc) is 2.97. The first-order chi connectivity index (χ1) is 9.42. The summed E-state index contributed by atoms with van der Waals surface area (Å²) in [6, 6.07) is 10.4. The Morgan fingerprint density at radius 1 is 1.21 bits per heavy atom. The molecule has 0 radical (unpaired) electrons. The highest BCUT2D eigenvalue weighted by Gasteiger charge is 2.03. The first-order valence-corrected chi connectivity index (χ1v) is 8.09. The van der Waals surface area contributed by atoms with Gasteiger partial charge in [-0.2, -0.15) is 16.9 Å². The van der Waals surface area contributed by atoms with Crippen molar-refractivity contribution in [3.63, 3.8) is 0 Å². The molecule has 1 N–H and O–H groups in total. The van der Waals surface area contributed by atoms with E-state index in [1.54, 1.807) is 0 Å². The molecule has 0 atom stereocenters. The van der Waals surface area contributed by atoms with Crippen molar-refractivity contribution >= 4 is 11.8 Å². The minimum atomic E-state index is 0.898. The Labute approximate surface area is 119 Å². The number of nitrogens with zero attached hydrogens (tertiary/aromatic N) is 2. The molecule has 2 rings (SSSR count). The predicted octanol–water partition coefficient (Wildman–Crippen LogP) is 3.11. The normalized spacial score (nSPS) is 10.8. The summed E-state index contributed by atoms with van der Waals surface area (Å²) < 4.78 is 1.92. The van der Waals surface area contributed by atoms with Crippen LogP contribution in [0.4, 0.5) is 0 Å². The zero-order valence-electron chi connectivity index (χ0n) is 11.4. The number of hydrogen-bond donors (Lipinski definition) is 1. The van der Waals surface area contributed by atoms with E-state index in [9.17, 15) is 0 Å². The Hall–Kier alpha value is -1.26. The quantitative estimate of drug-likeness (QED) is 0.751. The topological polar surface area (TPSA) is 29.9 Å². The number of unbranched alkanes of at least 4 members (excludes halogenated alkanes) is 1. The standard InChI is InChI=1S/C15H21N3S/c1-19-12-5-4-9-16-13-14-7-2-3-8-15(14)18-11-6-10-17-18/h2-3,6-8,10-11,16H,4-5,9,12-13H2,1H3. The second-order valence-corrected chi connectivity index (χ2v) is 5.44. The largest absolute Gasteiger partial charge is 0.313 e. The third kappa shape index (κ3) is 4.40. The lowest BCUT2D eigenvalue weighted by atomic mass is 10.1. The van der Waals surface area contributed by atoms with Gasteiger partial charge >= 0.3 is 0 Å². The molecule has 19 heavy (non-hydrogen) atoms. The molecule has 0 spiro atoms. The van der Waals surface area contributed by atoms with E-state index >= 15 is 0 Å². The number of para-hydroxylation sites is 1. The highest BCUT2D eigenvalue weighted by atomic mass is 32.2. The van der Waals surface area contributed by atoms with Crippen LogP contribution in [0, 0.1) is 0 Å². The first-order valence-electron chi connectivity index (χ1n) is 6.69. The zero-order valence-corrected chi connectivity index (χ0v) is 12.2. The summed E-state index contributed by atoms with van der Waals surface area (Å²) in [5, 5.41) is 7.81. The minimum absolute atomic E-state index is 0.898. The van der Waals surface area contributed by atoms with Crippen LogP contribution >= 0.6 is 11.8 Å². The fourth-order valence-corrected chi connectivity index (χ4v) is 2.51. The Morgan fingerprint density at radius 3 is 2.89 bits per heavy atom. The lowest BCUT2D eigenvalue weighted by Gasteiger charge is -2.10. The van der Waals surface area contributed by atoms with Crippen LogP contribution in [0.2, 0.25) is 0 Å². The van der Waals surface area contributed by atoms with Crippen LogP contribution in [-0.2, 0) is 6.54 Å². The van der Waals surface area contributed by atoms with Gasteiger partial charge in [0.05, 0.1) is 5.69 Å². The van der Waals surface area contributed by atoms with Gasteiger partial charge in [0.15, 0.2) is 0 Å². The van der Waals surface area contributed by atoms with Crippen LogP contribution < -0.4 is 5.32 Å². The maximum Gasteiger partial charge on any atom is 0.0690 e. The highest BCUT2D eigenvalue weighted by molar-refractivity contribution is 7.98. The summed E-state index contributed by atoms with van der Waals surface area (Å²) in [7, 11) is 0. The number of benzene rings is 1. The molecule has 102 valence electrons. The molecule has 3 nitrogen and oxygen atoms in total. The zero-order chi connectivity index (χ0) is 13.3. The van der Waals surface area contributed by atoms with E-state index < -0.39 is 0 Å². The second kappa shape index (κ2) is 8.02. The SMILES string of the molecule is CSCCCCNCc1ccccc1-n1cccn1. The van der Waals surface area contributed by atoms with Gasteiger partial charge in [-0.25, -0.2) is 4.68 Å². The molecule has 4 heteroatoms. The van der Waals surface area contributed by atoms with Crippen LogP contribution in [0.3, 0.4) is 0 Å². The number of nitrogens with one attached hydrogen (secondary N) is 1. The van der Waals surface area contributed by atoms with Crippen molar-refractivity contribution in [2.24, 2.45) is 0 Å². The number of thioether (sulfide) groups is 1. The monoisotopic (exact) mass is 275 g/mol. The van der Waals surface area contributed by atoms with E-state index in [1.807, 2.05) is 34.9 Å². The second-order valence-electron chi connectivity index (χ2n) is 4.46. The summed E-state index contributed by atoms with van der Waals surface area (Å²) in [4.78, 5) is 0. The van der Waals surface area contributed by atoms with Gasteiger partial charge in [0.25, 0.3) is 0 Å². The van der Waals surface area contributed by atoms with Gasteiger partial charge in [0.2, 0.25) is 0 Å². The Kier molecular flexibility index (Phi) is 5.98. The minimum Gasteiger partial charge on any atom is -0.313 e. The van der Waals surface area contributed by atoms with Gasteiger partial charge in [-0.1, -0.05) is 18.2 Å². The molecule has 1 aromatic carbocycles. The van der Waals surface area contributed by atoms with Crippen LogP contribution in [-0.4, -0.2) is 28.3 Å². The summed E-state index contributed by atoms with van der Waals surface area (Å²) in [5.41, 5.74) is 2.44. The lowest BCUT2D eigenvalue weighted by molar-refractivity contribution is 0.640. The molecule has 0 bridgehead atoms. The molecule has 0 saturated carbocycles. The summed E-state index contributed by atoms with van der Waals surface area (Å²) >= 11 is 1.92. The van der Waals surface area contributed by atoms with E-state index in [4.69, 9.17) is 0 Å². The third-order valence-corrected chi connectivity index (χ3v) is 3.71. The number of aromatic nitrogens is 2. The molecule has 1 heterocycles. The van der Waals surface area contributed by atoms with Crippen molar-refractivity contribution in [2.45, 2.75) is 19.4 Å². The molecular formula is C15H21N3S. The average molecular weight is 275 g/mol. The summed E-state index contributed by atoms with van der Waals surface area (Å²) in [5.74, 6) is 1.26. The van der Waals surface area contributed by atoms with Crippen LogP contribution in [0.1, 0.15) is 18.4 Å². The molecule has 0 aliphatic rings. The van der Waals surface area contributed by atoms with E-state index in [0.717, 1.165) is 18.8 Å². The van der Waals surface area contributed by atoms with Gasteiger partial charge < -0.3 is 5.32 Å². The molecule has 1 aromatic heterocycles. The molecule has 0 unspecified atom stereocenters.